The third kappa shape index (κ3) is 3.36. The predicted molar refractivity (Wildman–Crippen MR) is 93.9 cm³/mol. The number of methoxy groups -OCH3 is 1. The maximum absolute atomic E-state index is 12.4. The molecule has 2 heterocycles. The van der Waals surface area contributed by atoms with Crippen molar-refractivity contribution in [3.63, 3.8) is 0 Å². The molecule has 0 aliphatic carbocycles. The smallest absolute Gasteiger partial charge is 0.265 e. The lowest BCUT2D eigenvalue weighted by molar-refractivity contribution is 0.0955. The minimum atomic E-state index is -0.242. The van der Waals surface area contributed by atoms with Crippen LogP contribution in [0.4, 0.5) is 5.69 Å². The van der Waals surface area contributed by atoms with Crippen LogP contribution >= 0.6 is 11.5 Å². The maximum atomic E-state index is 12.4. The van der Waals surface area contributed by atoms with E-state index in [-0.39, 0.29) is 5.91 Å². The molecule has 0 unspecified atom stereocenters. The molecule has 6 nitrogen and oxygen atoms in total. The van der Waals surface area contributed by atoms with Gasteiger partial charge in [-0.1, -0.05) is 12.1 Å². The van der Waals surface area contributed by atoms with Crippen molar-refractivity contribution in [2.45, 2.75) is 6.54 Å². The molecule has 1 amide bonds. The van der Waals surface area contributed by atoms with E-state index in [0.717, 1.165) is 28.4 Å². The lowest BCUT2D eigenvalue weighted by Gasteiger charge is -2.06. The van der Waals surface area contributed by atoms with E-state index in [1.165, 1.54) is 0 Å². The third-order valence-electron chi connectivity index (χ3n) is 3.48. The summed E-state index contributed by atoms with van der Waals surface area (Å²) >= 11 is 1.09. The van der Waals surface area contributed by atoms with Crippen LogP contribution in [-0.4, -0.2) is 22.4 Å². The fraction of sp³-hybridized carbons (Fsp3) is 0.118. The molecule has 1 aromatic carbocycles. The summed E-state index contributed by atoms with van der Waals surface area (Å²) in [4.78, 5) is 16.7. The fourth-order valence-electron chi connectivity index (χ4n) is 2.22. The largest absolute Gasteiger partial charge is 0.497 e. The quantitative estimate of drug-likeness (QED) is 0.745. The number of anilines is 1. The number of nitrogens with zero attached hydrogens (tertiary/aromatic N) is 2. The van der Waals surface area contributed by atoms with Crippen LogP contribution in [0.25, 0.3) is 11.3 Å². The Morgan fingerprint density at radius 2 is 2.08 bits per heavy atom. The molecule has 0 spiro atoms. The van der Waals surface area contributed by atoms with Gasteiger partial charge in [-0.25, -0.2) is 0 Å². The molecule has 0 saturated heterocycles. The van der Waals surface area contributed by atoms with Crippen molar-refractivity contribution < 1.29 is 9.53 Å². The highest BCUT2D eigenvalue weighted by Gasteiger charge is 2.18. The van der Waals surface area contributed by atoms with Crippen LogP contribution in [0.1, 0.15) is 15.2 Å². The number of aromatic nitrogens is 2. The summed E-state index contributed by atoms with van der Waals surface area (Å²) in [6.07, 6.45) is 3.33. The van der Waals surface area contributed by atoms with E-state index in [4.69, 9.17) is 10.5 Å². The van der Waals surface area contributed by atoms with Gasteiger partial charge in [0.1, 0.15) is 16.3 Å². The molecule has 122 valence electrons. The Bertz CT molecular complexity index is 849. The summed E-state index contributed by atoms with van der Waals surface area (Å²) in [5, 5.41) is 2.86. The number of nitrogens with one attached hydrogen (secondary N) is 1. The Morgan fingerprint density at radius 1 is 1.29 bits per heavy atom. The number of carbonyl (C=O) groups is 1. The van der Waals surface area contributed by atoms with Crippen LogP contribution in [-0.2, 0) is 6.54 Å². The van der Waals surface area contributed by atoms with Crippen molar-refractivity contribution in [1.82, 2.24) is 14.7 Å². The van der Waals surface area contributed by atoms with Crippen LogP contribution in [0.3, 0.4) is 0 Å². The van der Waals surface area contributed by atoms with Gasteiger partial charge in [0.05, 0.1) is 12.8 Å². The van der Waals surface area contributed by atoms with Crippen molar-refractivity contribution in [2.75, 3.05) is 12.8 Å². The number of carbonyl (C=O) groups excluding carboxylic acids is 1. The van der Waals surface area contributed by atoms with Crippen molar-refractivity contribution in [2.24, 2.45) is 0 Å². The van der Waals surface area contributed by atoms with Gasteiger partial charge in [0.15, 0.2) is 0 Å². The van der Waals surface area contributed by atoms with E-state index in [0.29, 0.717) is 22.8 Å². The Labute approximate surface area is 143 Å². The molecular formula is C17H16N4O2S. The minimum absolute atomic E-state index is 0.242. The van der Waals surface area contributed by atoms with Gasteiger partial charge in [-0.3, -0.25) is 9.78 Å². The van der Waals surface area contributed by atoms with Crippen LogP contribution in [0, 0.1) is 0 Å². The number of hydrogen-bond acceptors (Lipinski definition) is 6. The fourth-order valence-corrected chi connectivity index (χ4v) is 2.96. The molecule has 2 aromatic heterocycles. The van der Waals surface area contributed by atoms with Crippen molar-refractivity contribution in [3.05, 3.63) is 59.2 Å². The third-order valence-corrected chi connectivity index (χ3v) is 4.34. The number of nitrogens with two attached hydrogens (primary N) is 1. The number of pyridine rings is 1. The second-order valence-electron chi connectivity index (χ2n) is 5.04. The van der Waals surface area contributed by atoms with E-state index < -0.39 is 0 Å². The SMILES string of the molecule is COc1cccc(CNC(=O)c2snc(-c3ccncc3)c2N)c1. The summed E-state index contributed by atoms with van der Waals surface area (Å²) in [5.41, 5.74) is 8.87. The van der Waals surface area contributed by atoms with E-state index in [2.05, 4.69) is 14.7 Å². The van der Waals surface area contributed by atoms with Gasteiger partial charge in [0, 0.05) is 24.5 Å². The molecule has 3 N–H and O–H groups in total. The predicted octanol–water partition coefficient (Wildman–Crippen LogP) is 2.73. The highest BCUT2D eigenvalue weighted by atomic mass is 32.1. The first-order valence-corrected chi connectivity index (χ1v) is 8.03. The van der Waals surface area contributed by atoms with E-state index in [1.54, 1.807) is 19.5 Å². The highest BCUT2D eigenvalue weighted by Crippen LogP contribution is 2.30. The lowest BCUT2D eigenvalue weighted by Crippen LogP contribution is -2.22. The number of ether oxygens (including phenoxy) is 1. The molecule has 0 aliphatic heterocycles. The molecule has 0 bridgehead atoms. The van der Waals surface area contributed by atoms with Crippen LogP contribution in [0.5, 0.6) is 5.75 Å². The maximum Gasteiger partial charge on any atom is 0.265 e. The summed E-state index contributed by atoms with van der Waals surface area (Å²) in [7, 11) is 1.61. The van der Waals surface area contributed by atoms with Crippen LogP contribution in [0.2, 0.25) is 0 Å². The monoisotopic (exact) mass is 340 g/mol. The first kappa shape index (κ1) is 15.9. The number of amides is 1. The number of benzene rings is 1. The molecule has 24 heavy (non-hydrogen) atoms. The highest BCUT2D eigenvalue weighted by molar-refractivity contribution is 7.09. The standard InChI is InChI=1S/C17H16N4O2S/c1-23-13-4-2-3-11(9-13)10-20-17(22)16-14(18)15(21-24-16)12-5-7-19-8-6-12/h2-9H,10,18H2,1H3,(H,20,22). The Balaban J connectivity index is 1.73. The summed E-state index contributed by atoms with van der Waals surface area (Å²) in [6.45, 7) is 0.387. The molecule has 3 rings (SSSR count). The van der Waals surface area contributed by atoms with Gasteiger partial charge < -0.3 is 15.8 Å². The van der Waals surface area contributed by atoms with Gasteiger partial charge >= 0.3 is 0 Å². The number of hydrogen-bond donors (Lipinski definition) is 2. The minimum Gasteiger partial charge on any atom is -0.497 e. The lowest BCUT2D eigenvalue weighted by atomic mass is 10.1. The Morgan fingerprint density at radius 3 is 2.83 bits per heavy atom. The Hall–Kier alpha value is -2.93. The molecule has 3 aromatic rings. The number of rotatable bonds is 5. The van der Waals surface area contributed by atoms with E-state index in [1.807, 2.05) is 36.4 Å². The second-order valence-corrected chi connectivity index (χ2v) is 5.82. The zero-order chi connectivity index (χ0) is 16.9. The zero-order valence-corrected chi connectivity index (χ0v) is 13.8. The molecule has 7 heteroatoms. The molecule has 0 fully saturated rings. The van der Waals surface area contributed by atoms with Crippen molar-refractivity contribution in [1.29, 1.82) is 0 Å². The summed E-state index contributed by atoms with van der Waals surface area (Å²) in [5.74, 6) is 0.507. The van der Waals surface area contributed by atoms with E-state index >= 15 is 0 Å². The topological polar surface area (TPSA) is 90.1 Å². The normalized spacial score (nSPS) is 10.4. The molecule has 0 radical (unpaired) electrons. The summed E-state index contributed by atoms with van der Waals surface area (Å²) < 4.78 is 9.47. The molecule has 0 saturated carbocycles. The zero-order valence-electron chi connectivity index (χ0n) is 13.0. The van der Waals surface area contributed by atoms with Gasteiger partial charge in [-0.15, -0.1) is 0 Å². The van der Waals surface area contributed by atoms with Crippen LogP contribution < -0.4 is 15.8 Å². The first-order valence-electron chi connectivity index (χ1n) is 7.25. The van der Waals surface area contributed by atoms with E-state index in [9.17, 15) is 4.79 Å². The van der Waals surface area contributed by atoms with Crippen LogP contribution in [0.15, 0.2) is 48.8 Å². The first-order chi connectivity index (χ1) is 11.7. The molecule has 0 atom stereocenters. The number of nitrogen functional groups attached to an aromatic ring is 1. The van der Waals surface area contributed by atoms with Crippen molar-refractivity contribution >= 4 is 23.1 Å². The second kappa shape index (κ2) is 7.10. The van der Waals surface area contributed by atoms with Gasteiger partial charge in [0.2, 0.25) is 0 Å². The Kier molecular flexibility index (Phi) is 4.72. The molecule has 0 aliphatic rings. The van der Waals surface area contributed by atoms with Crippen molar-refractivity contribution in [3.8, 4) is 17.0 Å². The van der Waals surface area contributed by atoms with Gasteiger partial charge in [-0.2, -0.15) is 4.37 Å². The summed E-state index contributed by atoms with van der Waals surface area (Å²) in [6, 6.07) is 11.1. The average molecular weight is 340 g/mol. The molecular weight excluding hydrogens is 324 g/mol. The van der Waals surface area contributed by atoms with Gasteiger partial charge in [-0.05, 0) is 41.4 Å². The average Bonchev–Trinajstić information content (AvgIpc) is 3.02. The van der Waals surface area contributed by atoms with Gasteiger partial charge in [0.25, 0.3) is 5.91 Å².